The number of β-amino-alcohol motifs (C(OH)–C–C–N with tert-alkyl or cyclic N) is 1. The molecule has 3 aromatic heterocycles. The minimum atomic E-state index is -1.03. The van der Waals surface area contributed by atoms with Gasteiger partial charge in [-0.3, -0.25) is 9.88 Å². The number of anilines is 1. The zero-order valence-electron chi connectivity index (χ0n) is 19.9. The number of pyridine rings is 1. The first-order valence-corrected chi connectivity index (χ1v) is 12.7. The first-order chi connectivity index (χ1) is 18.4. The SMILES string of the molecule is N#Cc1c(N)sc2c(F)cnc(-c3c4c(c5cnc(OC[C@@H]6C[C@H](F)CN6CCO)nc5c3F)COC4)c12. The Hall–Kier alpha value is -3.57. The maximum atomic E-state index is 16.3. The number of nitrogens with zero attached hydrogens (tertiary/aromatic N) is 5. The number of nitrogens with two attached hydrogens (primary N) is 1. The second kappa shape index (κ2) is 9.63. The largest absolute Gasteiger partial charge is 0.462 e. The van der Waals surface area contributed by atoms with Gasteiger partial charge in [-0.05, 0) is 17.5 Å². The Balaban J connectivity index is 1.46. The fourth-order valence-corrected chi connectivity index (χ4v) is 6.19. The minimum absolute atomic E-state index is 0.0287. The van der Waals surface area contributed by atoms with Gasteiger partial charge in [0.25, 0.3) is 0 Å². The highest BCUT2D eigenvalue weighted by Gasteiger charge is 2.33. The molecule has 3 N–H and O–H groups in total. The van der Waals surface area contributed by atoms with E-state index in [-0.39, 0.29) is 88.9 Å². The van der Waals surface area contributed by atoms with Gasteiger partial charge in [-0.1, -0.05) is 0 Å². The number of nitriles is 1. The summed E-state index contributed by atoms with van der Waals surface area (Å²) >= 11 is 0.901. The molecule has 1 aromatic carbocycles. The second-order valence-corrected chi connectivity index (χ2v) is 10.2. The van der Waals surface area contributed by atoms with Crippen LogP contribution in [0.2, 0.25) is 0 Å². The number of likely N-dealkylation sites (tertiary alicyclic amines) is 1. The van der Waals surface area contributed by atoms with Crippen LogP contribution in [0.1, 0.15) is 23.1 Å². The molecule has 5 heterocycles. The third-order valence-electron chi connectivity index (χ3n) is 6.99. The van der Waals surface area contributed by atoms with E-state index in [1.807, 2.05) is 6.07 Å². The van der Waals surface area contributed by atoms with E-state index >= 15 is 4.39 Å². The van der Waals surface area contributed by atoms with Gasteiger partial charge in [0.1, 0.15) is 29.4 Å². The van der Waals surface area contributed by atoms with Crippen molar-refractivity contribution >= 4 is 37.3 Å². The normalized spacial score (nSPS) is 19.3. The molecule has 0 aliphatic carbocycles. The topological polar surface area (TPSA) is 130 Å². The fourth-order valence-electron chi connectivity index (χ4n) is 5.27. The standard InChI is InChI=1S/C25H21F3N6O3S/c26-11-3-12(34(7-11)1-2-35)8-37-25-32-5-14-15-9-36-10-16(15)18(20(28)21(14)33-25)22-19-13(4-29)24(30)38-23(19)17(27)6-31-22/h5-6,11-12,35H,1-3,7-10,30H2/t11-,12-/m0/s1. The number of aliphatic hydroxyl groups is 1. The molecule has 0 radical (unpaired) electrons. The minimum Gasteiger partial charge on any atom is -0.462 e. The van der Waals surface area contributed by atoms with Crippen molar-refractivity contribution in [3.63, 3.8) is 0 Å². The van der Waals surface area contributed by atoms with Crippen molar-refractivity contribution in [2.75, 3.05) is 32.0 Å². The van der Waals surface area contributed by atoms with E-state index in [1.54, 1.807) is 4.90 Å². The van der Waals surface area contributed by atoms with Gasteiger partial charge in [0, 0.05) is 41.7 Å². The summed E-state index contributed by atoms with van der Waals surface area (Å²) in [5.74, 6) is -1.40. The van der Waals surface area contributed by atoms with Crippen LogP contribution in [0.25, 0.3) is 32.2 Å². The smallest absolute Gasteiger partial charge is 0.317 e. The van der Waals surface area contributed by atoms with Crippen molar-refractivity contribution in [2.45, 2.75) is 31.8 Å². The van der Waals surface area contributed by atoms with E-state index in [4.69, 9.17) is 15.2 Å². The van der Waals surface area contributed by atoms with Gasteiger partial charge in [-0.15, -0.1) is 11.3 Å². The lowest BCUT2D eigenvalue weighted by molar-refractivity contribution is 0.135. The molecule has 1 saturated heterocycles. The Bertz CT molecular complexity index is 1620. The summed E-state index contributed by atoms with van der Waals surface area (Å²) < 4.78 is 56.3. The van der Waals surface area contributed by atoms with Gasteiger partial charge < -0.3 is 20.3 Å². The van der Waals surface area contributed by atoms with Crippen LogP contribution in [0.4, 0.5) is 18.2 Å². The van der Waals surface area contributed by atoms with Crippen LogP contribution in [0.15, 0.2) is 12.4 Å². The van der Waals surface area contributed by atoms with Crippen molar-refractivity contribution in [1.82, 2.24) is 19.9 Å². The molecule has 4 aromatic rings. The maximum absolute atomic E-state index is 16.3. The number of nitrogen functional groups attached to an aromatic ring is 1. The predicted molar refractivity (Wildman–Crippen MR) is 133 cm³/mol. The molecule has 0 bridgehead atoms. The maximum Gasteiger partial charge on any atom is 0.317 e. The Morgan fingerprint density at radius 3 is 2.87 bits per heavy atom. The van der Waals surface area contributed by atoms with Crippen molar-refractivity contribution in [3.8, 4) is 23.3 Å². The number of halogens is 3. The lowest BCUT2D eigenvalue weighted by Gasteiger charge is -2.22. The molecule has 1 fully saturated rings. The summed E-state index contributed by atoms with van der Waals surface area (Å²) in [6.07, 6.45) is 1.65. The van der Waals surface area contributed by atoms with Gasteiger partial charge in [0.2, 0.25) is 0 Å². The number of aromatic nitrogens is 3. The lowest BCUT2D eigenvalue weighted by atomic mass is 9.94. The van der Waals surface area contributed by atoms with E-state index < -0.39 is 17.8 Å². The molecule has 13 heteroatoms. The Kier molecular flexibility index (Phi) is 6.27. The summed E-state index contributed by atoms with van der Waals surface area (Å²) in [5, 5.41) is 19.6. The number of alkyl halides is 1. The molecule has 196 valence electrons. The number of fused-ring (bicyclic) bond motifs is 4. The van der Waals surface area contributed by atoms with E-state index in [1.165, 1.54) is 6.20 Å². The average Bonchev–Trinajstić information content (AvgIpc) is 3.61. The summed E-state index contributed by atoms with van der Waals surface area (Å²) in [4.78, 5) is 14.5. The van der Waals surface area contributed by atoms with E-state index in [0.717, 1.165) is 17.5 Å². The quantitative estimate of drug-likeness (QED) is 0.376. The Labute approximate surface area is 218 Å². The van der Waals surface area contributed by atoms with E-state index in [2.05, 4.69) is 15.0 Å². The number of ether oxygens (including phenoxy) is 2. The predicted octanol–water partition coefficient (Wildman–Crippen LogP) is 3.45. The second-order valence-electron chi connectivity index (χ2n) is 9.18. The number of hydrogen-bond acceptors (Lipinski definition) is 10. The number of aliphatic hydroxyl groups excluding tert-OH is 1. The highest BCUT2D eigenvalue weighted by atomic mass is 32.1. The molecule has 9 nitrogen and oxygen atoms in total. The van der Waals surface area contributed by atoms with Crippen LogP contribution in [0.3, 0.4) is 0 Å². The van der Waals surface area contributed by atoms with Crippen LogP contribution in [-0.2, 0) is 18.0 Å². The molecule has 6 rings (SSSR count). The van der Waals surface area contributed by atoms with Crippen molar-refractivity contribution < 1.29 is 27.8 Å². The molecule has 38 heavy (non-hydrogen) atoms. The molecular formula is C25H21F3N6O3S. The molecule has 2 atom stereocenters. The number of rotatable bonds is 6. The molecule has 0 unspecified atom stereocenters. The van der Waals surface area contributed by atoms with Crippen molar-refractivity contribution in [2.24, 2.45) is 0 Å². The van der Waals surface area contributed by atoms with Gasteiger partial charge in [-0.25, -0.2) is 18.2 Å². The third kappa shape index (κ3) is 3.92. The zero-order valence-corrected chi connectivity index (χ0v) is 20.7. The summed E-state index contributed by atoms with van der Waals surface area (Å²) in [7, 11) is 0. The number of hydrogen-bond donors (Lipinski definition) is 2. The average molecular weight is 543 g/mol. The van der Waals surface area contributed by atoms with Gasteiger partial charge in [0.05, 0.1) is 42.0 Å². The molecule has 2 aliphatic rings. The Morgan fingerprint density at radius 1 is 1.26 bits per heavy atom. The molecule has 0 amide bonds. The fraction of sp³-hybridized carbons (Fsp3) is 0.360. The van der Waals surface area contributed by atoms with Crippen LogP contribution < -0.4 is 10.5 Å². The highest BCUT2D eigenvalue weighted by Crippen LogP contribution is 2.45. The first kappa shape index (κ1) is 24.7. The first-order valence-electron chi connectivity index (χ1n) is 11.9. The summed E-state index contributed by atoms with van der Waals surface area (Å²) in [6, 6.07) is 1.60. The monoisotopic (exact) mass is 542 g/mol. The molecule has 2 aliphatic heterocycles. The van der Waals surface area contributed by atoms with Crippen LogP contribution in [-0.4, -0.2) is 63.5 Å². The summed E-state index contributed by atoms with van der Waals surface area (Å²) in [6.45, 7) is 0.742. The van der Waals surface area contributed by atoms with Crippen LogP contribution >= 0.6 is 11.3 Å². The van der Waals surface area contributed by atoms with E-state index in [0.29, 0.717) is 23.1 Å². The molecule has 0 spiro atoms. The number of benzene rings is 1. The third-order valence-corrected chi connectivity index (χ3v) is 8.02. The van der Waals surface area contributed by atoms with Crippen LogP contribution in [0.5, 0.6) is 6.01 Å². The number of thiophene rings is 1. The van der Waals surface area contributed by atoms with Gasteiger partial charge >= 0.3 is 6.01 Å². The van der Waals surface area contributed by atoms with Crippen molar-refractivity contribution in [1.29, 1.82) is 5.26 Å². The van der Waals surface area contributed by atoms with E-state index in [9.17, 15) is 19.1 Å². The molecular weight excluding hydrogens is 521 g/mol. The lowest BCUT2D eigenvalue weighted by Crippen LogP contribution is -2.36. The van der Waals surface area contributed by atoms with Gasteiger partial charge in [-0.2, -0.15) is 10.2 Å². The van der Waals surface area contributed by atoms with Crippen molar-refractivity contribution in [3.05, 3.63) is 40.7 Å². The molecule has 0 saturated carbocycles. The van der Waals surface area contributed by atoms with Crippen LogP contribution in [0, 0.1) is 23.0 Å². The highest BCUT2D eigenvalue weighted by molar-refractivity contribution is 7.23. The van der Waals surface area contributed by atoms with Gasteiger partial charge in [0.15, 0.2) is 11.6 Å². The zero-order chi connectivity index (χ0) is 26.6. The summed E-state index contributed by atoms with van der Waals surface area (Å²) in [5.41, 5.74) is 7.26. The Morgan fingerprint density at radius 2 is 2.08 bits per heavy atom.